The zero-order valence-corrected chi connectivity index (χ0v) is 45.1. The molecular formula is C48H51N4O18S5-3. The van der Waals surface area contributed by atoms with E-state index in [1.807, 2.05) is 23.3 Å². The Hall–Kier alpha value is -5.43. The molecule has 0 N–H and O–H groups in total. The van der Waals surface area contributed by atoms with Crippen molar-refractivity contribution >= 4 is 109 Å². The standard InChI is InChI=1S/C48H54N4O18S5/c1-47(2)40(15-7-6-8-16-41-48(3,4)46-35-29-31(74(62,63)64)30-39(75(65,66)67)33(35)19-21-37(46)50(41)25-11-27-71-70-69-56)51(26-12-28-72(57,58)59)36-20-18-32-34(45(36)47)13-9-14-38(32)73(60,61)49(5)24-10-17-44(55)68-52-42(53)22-23-43(52)54/h6-9,13-16,18-21,29-30H,10-12,17,22-28H2,1-5H3,(H3-,56,57,58,59,62,63,64,65,66,67)/p-3. The van der Waals surface area contributed by atoms with Crippen LogP contribution in [-0.4, -0.2) is 123 Å². The Balaban J connectivity index is 1.22. The normalized spacial score (nSPS) is 17.5. The summed E-state index contributed by atoms with van der Waals surface area (Å²) in [6.07, 6.45) is 8.65. The van der Waals surface area contributed by atoms with Crippen molar-refractivity contribution in [1.29, 1.82) is 0 Å². The molecule has 27 heteroatoms. The van der Waals surface area contributed by atoms with Crippen LogP contribution in [0.1, 0.15) is 77.3 Å². The predicted octanol–water partition coefficient (Wildman–Crippen LogP) is 4.18. The highest BCUT2D eigenvalue weighted by Crippen LogP contribution is 2.52. The third-order valence-corrected chi connectivity index (χ3v) is 18.2. The van der Waals surface area contributed by atoms with Gasteiger partial charge in [0, 0.05) is 115 Å². The van der Waals surface area contributed by atoms with Crippen molar-refractivity contribution in [2.75, 3.05) is 43.1 Å². The van der Waals surface area contributed by atoms with Gasteiger partial charge in [-0.05, 0) is 79.4 Å². The van der Waals surface area contributed by atoms with Gasteiger partial charge in [0.25, 0.3) is 11.8 Å². The number of hydrogen-bond acceptors (Lipinski definition) is 20. The van der Waals surface area contributed by atoms with Gasteiger partial charge < -0.3 is 28.7 Å². The number of carbonyl (C=O) groups excluding carboxylic acids is 3. The second-order valence-corrected chi connectivity index (χ2v) is 25.9. The average molecular weight is 1130 g/mol. The molecule has 22 nitrogen and oxygen atoms in total. The smallest absolute Gasteiger partial charge is 0.333 e. The Kier molecular flexibility index (Phi) is 16.7. The Morgan fingerprint density at radius 2 is 1.47 bits per heavy atom. The first-order valence-electron chi connectivity index (χ1n) is 23.1. The van der Waals surface area contributed by atoms with E-state index in [-0.39, 0.29) is 73.2 Å². The molecule has 4 aromatic carbocycles. The van der Waals surface area contributed by atoms with Crippen molar-refractivity contribution in [2.24, 2.45) is 0 Å². The zero-order valence-electron chi connectivity index (χ0n) is 41.0. The van der Waals surface area contributed by atoms with Crippen molar-refractivity contribution in [2.45, 2.75) is 91.7 Å². The molecule has 1 saturated heterocycles. The quantitative estimate of drug-likeness (QED) is 0.0156. The first-order chi connectivity index (χ1) is 35.0. The van der Waals surface area contributed by atoms with Gasteiger partial charge in [-0.15, -0.1) is 5.06 Å². The van der Waals surface area contributed by atoms with E-state index in [0.29, 0.717) is 62.2 Å². The summed E-state index contributed by atoms with van der Waals surface area (Å²) in [5, 5.41) is 15.2. The van der Waals surface area contributed by atoms with Gasteiger partial charge in [-0.3, -0.25) is 14.6 Å². The number of nitrogens with zero attached hydrogens (tertiary/aromatic N) is 4. The second kappa shape index (κ2) is 21.9. The van der Waals surface area contributed by atoms with E-state index in [9.17, 15) is 67.0 Å². The number of allylic oxidation sites excluding steroid dienone is 6. The molecule has 2 amide bonds. The number of hydrogen-bond donors (Lipinski definition) is 0. The van der Waals surface area contributed by atoms with Crippen LogP contribution < -0.4 is 10.2 Å². The molecule has 0 atom stereocenters. The topological polar surface area (TPSA) is 320 Å². The van der Waals surface area contributed by atoms with E-state index in [4.69, 9.17) is 4.84 Å². The Bertz CT molecular complexity index is 3570. The summed E-state index contributed by atoms with van der Waals surface area (Å²) in [6.45, 7) is 7.68. The molecule has 75 heavy (non-hydrogen) atoms. The lowest BCUT2D eigenvalue weighted by Crippen LogP contribution is -2.32. The number of benzene rings is 4. The van der Waals surface area contributed by atoms with E-state index >= 15 is 0 Å². The molecule has 0 radical (unpaired) electrons. The van der Waals surface area contributed by atoms with Crippen LogP contribution in [0.15, 0.2) is 105 Å². The molecule has 0 aromatic heterocycles. The number of imide groups is 1. The minimum absolute atomic E-state index is 0.00971. The van der Waals surface area contributed by atoms with Crippen molar-refractivity contribution in [3.63, 3.8) is 0 Å². The molecule has 7 rings (SSSR count). The molecule has 404 valence electrons. The number of anilines is 1. The van der Waals surface area contributed by atoms with Crippen LogP contribution in [0.25, 0.3) is 21.5 Å². The van der Waals surface area contributed by atoms with Crippen LogP contribution in [0, 0.1) is 0 Å². The van der Waals surface area contributed by atoms with E-state index < -0.39 is 84.5 Å². The fourth-order valence-corrected chi connectivity index (χ4v) is 13.5. The number of rotatable bonds is 22. The van der Waals surface area contributed by atoms with Crippen LogP contribution >= 0.6 is 12.0 Å². The molecule has 4 aromatic rings. The molecule has 3 heterocycles. The number of hydroxylamine groups is 2. The summed E-state index contributed by atoms with van der Waals surface area (Å²) in [5.41, 5.74) is 1.68. The van der Waals surface area contributed by atoms with E-state index in [1.54, 1.807) is 74.6 Å². The minimum Gasteiger partial charge on any atom is -0.748 e. The lowest BCUT2D eigenvalue weighted by atomic mass is 9.79. The Labute approximate surface area is 438 Å². The number of carbonyl (C=O) groups is 3. The molecular weight excluding hydrogens is 1080 g/mol. The maximum Gasteiger partial charge on any atom is 0.333 e. The highest BCUT2D eigenvalue weighted by molar-refractivity contribution is 7.94. The van der Waals surface area contributed by atoms with Gasteiger partial charge in [0.1, 0.15) is 26.8 Å². The summed E-state index contributed by atoms with van der Waals surface area (Å²) >= 11 is 0.763. The van der Waals surface area contributed by atoms with Crippen molar-refractivity contribution in [1.82, 2.24) is 9.37 Å². The van der Waals surface area contributed by atoms with Gasteiger partial charge in [-0.1, -0.05) is 50.3 Å². The van der Waals surface area contributed by atoms with E-state index in [1.165, 1.54) is 19.2 Å². The molecule has 0 spiro atoms. The van der Waals surface area contributed by atoms with Gasteiger partial charge in [-0.25, -0.2) is 42.8 Å². The molecule has 1 fully saturated rings. The van der Waals surface area contributed by atoms with Gasteiger partial charge in [0.05, 0.1) is 30.2 Å². The first-order valence-corrected chi connectivity index (χ1v) is 29.9. The van der Waals surface area contributed by atoms with Crippen LogP contribution in [0.3, 0.4) is 0 Å². The SMILES string of the molecule is CN(CCCC(=O)ON1C(=O)CCC1=O)S(=O)(=O)c1cccc2c3c(ccc12)N(CCCS(=O)(=O)[O-])/C(=C/C=C/C=C/C1=[N+](CCCSOO[O-])c2ccc4c(S(=O)(=O)[O-])cc(S(=O)(=O)[O-])cc4c2C1(C)C)C3(C)C. The highest BCUT2D eigenvalue weighted by Gasteiger charge is 2.46. The molecule has 0 unspecified atom stereocenters. The van der Waals surface area contributed by atoms with Gasteiger partial charge in [0.15, 0.2) is 5.71 Å². The largest absolute Gasteiger partial charge is 0.748 e. The van der Waals surface area contributed by atoms with Crippen LogP contribution in [0.2, 0.25) is 0 Å². The first kappa shape index (κ1) is 57.3. The van der Waals surface area contributed by atoms with Gasteiger partial charge in [0.2, 0.25) is 15.7 Å². The maximum atomic E-state index is 14.2. The van der Waals surface area contributed by atoms with Gasteiger partial charge >= 0.3 is 5.97 Å². The summed E-state index contributed by atoms with van der Waals surface area (Å²) in [7, 11) is -17.9. The zero-order chi connectivity index (χ0) is 55.1. The molecule has 0 saturated carbocycles. The minimum atomic E-state index is -5.27. The highest BCUT2D eigenvalue weighted by atomic mass is 32.2. The van der Waals surface area contributed by atoms with Crippen molar-refractivity contribution in [3.05, 3.63) is 102 Å². The summed E-state index contributed by atoms with van der Waals surface area (Å²) in [5.74, 6) is -2.51. The Morgan fingerprint density at radius 1 is 0.787 bits per heavy atom. The number of amides is 2. The summed E-state index contributed by atoms with van der Waals surface area (Å²) in [6, 6.07) is 12.7. The molecule has 3 aliphatic rings. The number of sulfonamides is 1. The van der Waals surface area contributed by atoms with Crippen molar-refractivity contribution < 1.29 is 85.8 Å². The average Bonchev–Trinajstić information content (AvgIpc) is 3.84. The third-order valence-electron chi connectivity index (χ3n) is 13.2. The third kappa shape index (κ3) is 11.9. The van der Waals surface area contributed by atoms with E-state index in [2.05, 4.69) is 9.37 Å². The Morgan fingerprint density at radius 3 is 2.12 bits per heavy atom. The predicted molar refractivity (Wildman–Crippen MR) is 268 cm³/mol. The fraction of sp³-hybridized carbons (Fsp3) is 0.375. The van der Waals surface area contributed by atoms with Gasteiger partial charge in [-0.2, -0.15) is 8.91 Å². The summed E-state index contributed by atoms with van der Waals surface area (Å²) in [4.78, 5) is 41.1. The fourth-order valence-electron chi connectivity index (χ4n) is 9.92. The second-order valence-electron chi connectivity index (χ2n) is 18.8. The lowest BCUT2D eigenvalue weighted by Gasteiger charge is -2.27. The van der Waals surface area contributed by atoms with Crippen LogP contribution in [0.5, 0.6) is 0 Å². The number of fused-ring (bicyclic) bond motifs is 6. The molecule has 3 aliphatic heterocycles. The van der Waals surface area contributed by atoms with Crippen molar-refractivity contribution in [3.8, 4) is 0 Å². The lowest BCUT2D eigenvalue weighted by molar-refractivity contribution is -0.777. The summed E-state index contributed by atoms with van der Waals surface area (Å²) < 4.78 is 145. The van der Waals surface area contributed by atoms with E-state index in [0.717, 1.165) is 22.4 Å². The molecule has 0 bridgehead atoms. The van der Waals surface area contributed by atoms with Crippen LogP contribution in [0.4, 0.5) is 11.4 Å². The maximum absolute atomic E-state index is 14.2. The molecule has 0 aliphatic carbocycles. The monoisotopic (exact) mass is 1130 g/mol. The van der Waals surface area contributed by atoms with Crippen LogP contribution in [-0.2, 0) is 79.8 Å².